The highest BCUT2D eigenvalue weighted by Gasteiger charge is 2.26. The van der Waals surface area contributed by atoms with Crippen LogP contribution in [0.5, 0.6) is 11.5 Å². The molecular weight excluding hydrogens is 362 g/mol. The van der Waals surface area contributed by atoms with E-state index in [9.17, 15) is 4.79 Å². The first kappa shape index (κ1) is 16.0. The molecule has 0 N–H and O–H groups in total. The molecule has 0 fully saturated rings. The number of rotatable bonds is 2. The molecule has 0 aliphatic carbocycles. The van der Waals surface area contributed by atoms with Gasteiger partial charge in [0.2, 0.25) is 4.96 Å². The van der Waals surface area contributed by atoms with Crippen LogP contribution in [0.15, 0.2) is 53.3 Å². The van der Waals surface area contributed by atoms with Crippen LogP contribution in [0.4, 0.5) is 0 Å². The third-order valence-corrected chi connectivity index (χ3v) is 5.33. The van der Waals surface area contributed by atoms with Crippen LogP contribution < -0.4 is 19.6 Å². The maximum Gasteiger partial charge on any atom is 0.291 e. The second-order valence-corrected chi connectivity index (χ2v) is 7.36. The highest BCUT2D eigenvalue weighted by Crippen LogP contribution is 2.35. The van der Waals surface area contributed by atoms with Gasteiger partial charge in [0.25, 0.3) is 5.56 Å². The minimum Gasteiger partial charge on any atom is -0.485 e. The summed E-state index contributed by atoms with van der Waals surface area (Å²) in [7, 11) is 0. The highest BCUT2D eigenvalue weighted by atomic mass is 32.1. The molecule has 3 heterocycles. The molecule has 4 aromatic rings. The quantitative estimate of drug-likeness (QED) is 0.537. The van der Waals surface area contributed by atoms with Gasteiger partial charge in [0, 0.05) is 0 Å². The Kier molecular flexibility index (Phi) is 3.68. The van der Waals surface area contributed by atoms with Crippen molar-refractivity contribution in [1.29, 1.82) is 0 Å². The van der Waals surface area contributed by atoms with Crippen molar-refractivity contribution in [3.8, 4) is 11.5 Å². The van der Waals surface area contributed by atoms with Crippen molar-refractivity contribution < 1.29 is 9.47 Å². The first-order valence-electron chi connectivity index (χ1n) is 8.54. The van der Waals surface area contributed by atoms with Gasteiger partial charge in [-0.2, -0.15) is 9.50 Å². The van der Waals surface area contributed by atoms with Gasteiger partial charge in [-0.15, -0.1) is 5.10 Å². The van der Waals surface area contributed by atoms with E-state index in [4.69, 9.17) is 9.47 Å². The molecule has 0 unspecified atom stereocenters. The van der Waals surface area contributed by atoms with Crippen molar-refractivity contribution in [1.82, 2.24) is 14.6 Å². The minimum absolute atomic E-state index is 0.175. The topological polar surface area (TPSA) is 65.7 Å². The molecule has 7 heteroatoms. The third kappa shape index (κ3) is 2.86. The van der Waals surface area contributed by atoms with Crippen molar-refractivity contribution in [2.75, 3.05) is 6.61 Å². The summed E-state index contributed by atoms with van der Waals surface area (Å²) >= 11 is 1.32. The first-order valence-corrected chi connectivity index (χ1v) is 9.35. The molecule has 0 saturated heterocycles. The van der Waals surface area contributed by atoms with Crippen molar-refractivity contribution in [3.63, 3.8) is 0 Å². The molecular formula is C20H15N3O3S. The van der Waals surface area contributed by atoms with Gasteiger partial charge in [-0.3, -0.25) is 4.79 Å². The van der Waals surface area contributed by atoms with Gasteiger partial charge >= 0.3 is 0 Å². The van der Waals surface area contributed by atoms with Crippen molar-refractivity contribution in [3.05, 3.63) is 80.4 Å². The Morgan fingerprint density at radius 2 is 1.93 bits per heavy atom. The highest BCUT2D eigenvalue weighted by molar-refractivity contribution is 7.15. The largest absolute Gasteiger partial charge is 0.485 e. The average molecular weight is 377 g/mol. The molecule has 27 heavy (non-hydrogen) atoms. The van der Waals surface area contributed by atoms with Crippen LogP contribution in [0, 0.1) is 6.92 Å². The fourth-order valence-corrected chi connectivity index (χ4v) is 3.86. The van der Waals surface area contributed by atoms with E-state index < -0.39 is 6.10 Å². The second kappa shape index (κ2) is 6.21. The molecule has 0 bridgehead atoms. The number of aromatic nitrogens is 3. The Morgan fingerprint density at radius 3 is 2.70 bits per heavy atom. The van der Waals surface area contributed by atoms with Gasteiger partial charge in [0.15, 0.2) is 23.4 Å². The maximum atomic E-state index is 12.7. The molecule has 0 amide bonds. The Hall–Kier alpha value is -3.19. The standard InChI is InChI=1S/C20H15N3O3S/c1-12-6-8-13(9-7-12)10-17-19(24)23-20(27-17)21-18(22-23)16-11-25-14-4-2-3-5-15(14)26-16/h2-10,16H,11H2,1H3/b17-10+/t16-/m0/s1. The molecule has 5 rings (SSSR count). The number of hydrogen-bond acceptors (Lipinski definition) is 6. The van der Waals surface area contributed by atoms with Gasteiger partial charge in [-0.25, -0.2) is 0 Å². The molecule has 0 spiro atoms. The molecule has 1 aliphatic rings. The van der Waals surface area contributed by atoms with E-state index in [0.29, 0.717) is 33.4 Å². The number of benzene rings is 2. The fourth-order valence-electron chi connectivity index (χ4n) is 2.95. The first-order chi connectivity index (χ1) is 13.2. The van der Waals surface area contributed by atoms with Crippen molar-refractivity contribution in [2.24, 2.45) is 0 Å². The van der Waals surface area contributed by atoms with E-state index in [1.54, 1.807) is 0 Å². The van der Waals surface area contributed by atoms with Crippen molar-refractivity contribution in [2.45, 2.75) is 13.0 Å². The van der Waals surface area contributed by atoms with E-state index in [1.165, 1.54) is 21.4 Å². The molecule has 2 aromatic heterocycles. The zero-order chi connectivity index (χ0) is 18.4. The van der Waals surface area contributed by atoms with Crippen LogP contribution in [0.2, 0.25) is 0 Å². The van der Waals surface area contributed by atoms with Crippen LogP contribution in [0.25, 0.3) is 11.0 Å². The van der Waals surface area contributed by atoms with Crippen LogP contribution in [0.3, 0.4) is 0 Å². The van der Waals surface area contributed by atoms with Crippen LogP contribution >= 0.6 is 11.3 Å². The number of nitrogens with zero attached hydrogens (tertiary/aromatic N) is 3. The summed E-state index contributed by atoms with van der Waals surface area (Å²) < 4.78 is 13.6. The number of ether oxygens (including phenoxy) is 2. The van der Waals surface area contributed by atoms with E-state index in [0.717, 1.165) is 5.56 Å². The third-order valence-electron chi connectivity index (χ3n) is 4.37. The van der Waals surface area contributed by atoms with Crippen molar-refractivity contribution >= 4 is 22.4 Å². The molecule has 1 aliphatic heterocycles. The smallest absolute Gasteiger partial charge is 0.291 e. The minimum atomic E-state index is -0.434. The normalized spacial score (nSPS) is 16.8. The summed E-state index contributed by atoms with van der Waals surface area (Å²) in [6.07, 6.45) is 1.43. The Balaban J connectivity index is 1.49. The summed E-state index contributed by atoms with van der Waals surface area (Å²) in [6.45, 7) is 2.34. The second-order valence-electron chi connectivity index (χ2n) is 6.36. The van der Waals surface area contributed by atoms with Crippen LogP contribution in [-0.4, -0.2) is 21.2 Å². The lowest BCUT2D eigenvalue weighted by molar-refractivity contribution is 0.0852. The summed E-state index contributed by atoms with van der Waals surface area (Å²) in [5.74, 6) is 1.81. The number of para-hydroxylation sites is 2. The molecule has 0 saturated carbocycles. The zero-order valence-electron chi connectivity index (χ0n) is 14.5. The SMILES string of the molecule is Cc1ccc(/C=c2/sc3nc([C@@H]4COc5ccccc5O4)nn3c2=O)cc1. The Labute approximate surface area is 158 Å². The lowest BCUT2D eigenvalue weighted by Gasteiger charge is -2.24. The number of hydrogen-bond donors (Lipinski definition) is 0. The molecule has 0 radical (unpaired) electrons. The summed E-state index contributed by atoms with van der Waals surface area (Å²) in [6, 6.07) is 15.5. The Morgan fingerprint density at radius 1 is 1.15 bits per heavy atom. The predicted octanol–water partition coefficient (Wildman–Crippen LogP) is 2.52. The number of aryl methyl sites for hydroxylation is 1. The summed E-state index contributed by atoms with van der Waals surface area (Å²) in [4.78, 5) is 17.7. The van der Waals surface area contributed by atoms with E-state index in [1.807, 2.05) is 61.5 Å². The monoisotopic (exact) mass is 377 g/mol. The lowest BCUT2D eigenvalue weighted by Crippen LogP contribution is -2.26. The lowest BCUT2D eigenvalue weighted by atomic mass is 10.1. The average Bonchev–Trinajstić information content (AvgIpc) is 3.23. The number of fused-ring (bicyclic) bond motifs is 2. The van der Waals surface area contributed by atoms with Gasteiger partial charge in [0.05, 0.1) is 4.53 Å². The van der Waals surface area contributed by atoms with E-state index in [-0.39, 0.29) is 5.56 Å². The Bertz CT molecular complexity index is 1240. The summed E-state index contributed by atoms with van der Waals surface area (Å²) in [5.41, 5.74) is 1.98. The zero-order valence-corrected chi connectivity index (χ0v) is 15.3. The van der Waals surface area contributed by atoms with E-state index >= 15 is 0 Å². The number of thiazole rings is 1. The molecule has 6 nitrogen and oxygen atoms in total. The molecule has 1 atom stereocenters. The molecule has 134 valence electrons. The van der Waals surface area contributed by atoms with Crippen LogP contribution in [0.1, 0.15) is 23.1 Å². The fraction of sp³-hybridized carbons (Fsp3) is 0.150. The summed E-state index contributed by atoms with van der Waals surface area (Å²) in [5, 5.41) is 4.36. The van der Waals surface area contributed by atoms with Gasteiger partial charge < -0.3 is 9.47 Å². The van der Waals surface area contributed by atoms with E-state index in [2.05, 4.69) is 10.1 Å². The van der Waals surface area contributed by atoms with Gasteiger partial charge in [-0.1, -0.05) is 53.3 Å². The predicted molar refractivity (Wildman–Crippen MR) is 102 cm³/mol. The molecule has 2 aromatic carbocycles. The van der Waals surface area contributed by atoms with Gasteiger partial charge in [0.1, 0.15) is 6.61 Å². The van der Waals surface area contributed by atoms with Gasteiger partial charge in [-0.05, 0) is 30.7 Å². The van der Waals surface area contributed by atoms with Crippen LogP contribution in [-0.2, 0) is 0 Å². The maximum absolute atomic E-state index is 12.7.